The third-order valence-corrected chi connectivity index (χ3v) is 4.58. The fourth-order valence-corrected chi connectivity index (χ4v) is 3.27. The Balaban J connectivity index is 1.60. The highest BCUT2D eigenvalue weighted by Crippen LogP contribution is 2.33. The van der Waals surface area contributed by atoms with Gasteiger partial charge >= 0.3 is 0 Å². The fourth-order valence-electron chi connectivity index (χ4n) is 3.27. The SMILES string of the molecule is OCc1c(-c2ccc(CN3CCOCC3)cc2)oc2ccccc12. The van der Waals surface area contributed by atoms with Crippen molar-refractivity contribution < 1.29 is 14.3 Å². The standard InChI is InChI=1S/C20H21NO3/c22-14-18-17-3-1-2-4-19(17)24-20(18)16-7-5-15(6-8-16)13-21-9-11-23-12-10-21/h1-8,22H,9-14H2. The quantitative estimate of drug-likeness (QED) is 0.799. The summed E-state index contributed by atoms with van der Waals surface area (Å²) in [6.07, 6.45) is 0. The van der Waals surface area contributed by atoms with E-state index in [1.165, 1.54) is 5.56 Å². The molecule has 0 amide bonds. The second kappa shape index (κ2) is 6.77. The summed E-state index contributed by atoms with van der Waals surface area (Å²) < 4.78 is 11.4. The van der Waals surface area contributed by atoms with E-state index in [-0.39, 0.29) is 6.61 Å². The number of para-hydroxylation sites is 1. The lowest BCUT2D eigenvalue weighted by Gasteiger charge is -2.26. The average molecular weight is 323 g/mol. The first-order valence-corrected chi connectivity index (χ1v) is 8.36. The first kappa shape index (κ1) is 15.4. The van der Waals surface area contributed by atoms with Crippen LogP contribution in [0.25, 0.3) is 22.3 Å². The summed E-state index contributed by atoms with van der Waals surface area (Å²) in [6.45, 7) is 4.52. The van der Waals surface area contributed by atoms with Crippen LogP contribution in [0.15, 0.2) is 52.9 Å². The van der Waals surface area contributed by atoms with Gasteiger partial charge in [0.2, 0.25) is 0 Å². The molecule has 0 spiro atoms. The summed E-state index contributed by atoms with van der Waals surface area (Å²) in [5.74, 6) is 0.761. The molecular weight excluding hydrogens is 302 g/mol. The van der Waals surface area contributed by atoms with Gasteiger partial charge in [0.1, 0.15) is 11.3 Å². The molecule has 1 aromatic heterocycles. The van der Waals surface area contributed by atoms with Crippen molar-refractivity contribution in [3.05, 3.63) is 59.7 Å². The number of hydrogen-bond acceptors (Lipinski definition) is 4. The van der Waals surface area contributed by atoms with Gasteiger partial charge in [0.25, 0.3) is 0 Å². The van der Waals surface area contributed by atoms with Gasteiger partial charge in [-0.2, -0.15) is 0 Å². The van der Waals surface area contributed by atoms with Crippen molar-refractivity contribution in [2.45, 2.75) is 13.2 Å². The highest BCUT2D eigenvalue weighted by Gasteiger charge is 2.15. The van der Waals surface area contributed by atoms with E-state index in [1.807, 2.05) is 24.3 Å². The number of nitrogens with zero attached hydrogens (tertiary/aromatic N) is 1. The Morgan fingerprint density at radius 3 is 2.46 bits per heavy atom. The average Bonchev–Trinajstić information content (AvgIpc) is 3.02. The number of aliphatic hydroxyl groups excluding tert-OH is 1. The third kappa shape index (κ3) is 2.96. The van der Waals surface area contributed by atoms with E-state index in [0.717, 1.165) is 60.7 Å². The van der Waals surface area contributed by atoms with Crippen molar-refractivity contribution in [2.24, 2.45) is 0 Å². The summed E-state index contributed by atoms with van der Waals surface area (Å²) in [4.78, 5) is 2.40. The van der Waals surface area contributed by atoms with Gasteiger partial charge in [-0.15, -0.1) is 0 Å². The van der Waals surface area contributed by atoms with Crippen LogP contribution in [0, 0.1) is 0 Å². The van der Waals surface area contributed by atoms with Crippen molar-refractivity contribution in [1.29, 1.82) is 0 Å². The number of hydrogen-bond donors (Lipinski definition) is 1. The minimum absolute atomic E-state index is 0.0259. The number of morpholine rings is 1. The lowest BCUT2D eigenvalue weighted by atomic mass is 10.0. The predicted molar refractivity (Wildman–Crippen MR) is 93.7 cm³/mol. The largest absolute Gasteiger partial charge is 0.456 e. The molecule has 1 aliphatic heterocycles. The summed E-state index contributed by atoms with van der Waals surface area (Å²) in [7, 11) is 0. The van der Waals surface area contributed by atoms with Crippen LogP contribution in [0.4, 0.5) is 0 Å². The van der Waals surface area contributed by atoms with E-state index in [0.29, 0.717) is 0 Å². The summed E-state index contributed by atoms with van der Waals surface area (Å²) in [5, 5.41) is 10.7. The fraction of sp³-hybridized carbons (Fsp3) is 0.300. The molecule has 3 aromatic rings. The molecule has 2 aromatic carbocycles. The predicted octanol–water partition coefficient (Wildman–Crippen LogP) is 3.42. The molecule has 0 radical (unpaired) electrons. The van der Waals surface area contributed by atoms with E-state index in [4.69, 9.17) is 9.15 Å². The van der Waals surface area contributed by atoms with Crippen LogP contribution >= 0.6 is 0 Å². The molecule has 1 aliphatic rings. The topological polar surface area (TPSA) is 45.8 Å². The number of aliphatic hydroxyl groups is 1. The molecule has 24 heavy (non-hydrogen) atoms. The molecule has 124 valence electrons. The smallest absolute Gasteiger partial charge is 0.140 e. The maximum atomic E-state index is 9.76. The Hall–Kier alpha value is -2.14. The first-order valence-electron chi connectivity index (χ1n) is 8.36. The zero-order chi connectivity index (χ0) is 16.4. The molecule has 0 unspecified atom stereocenters. The van der Waals surface area contributed by atoms with Crippen LogP contribution in [0.3, 0.4) is 0 Å². The minimum atomic E-state index is -0.0259. The van der Waals surface area contributed by atoms with Gasteiger partial charge in [0, 0.05) is 36.1 Å². The van der Waals surface area contributed by atoms with E-state index < -0.39 is 0 Å². The highest BCUT2D eigenvalue weighted by molar-refractivity contribution is 5.87. The molecular formula is C20H21NO3. The second-order valence-electron chi connectivity index (χ2n) is 6.15. The number of fused-ring (bicyclic) bond motifs is 1. The lowest BCUT2D eigenvalue weighted by molar-refractivity contribution is 0.0342. The van der Waals surface area contributed by atoms with Gasteiger partial charge in [-0.25, -0.2) is 0 Å². The van der Waals surface area contributed by atoms with Crippen molar-refractivity contribution in [2.75, 3.05) is 26.3 Å². The molecule has 1 N–H and O–H groups in total. The highest BCUT2D eigenvalue weighted by atomic mass is 16.5. The lowest BCUT2D eigenvalue weighted by Crippen LogP contribution is -2.35. The Bertz CT molecular complexity index is 817. The molecule has 4 rings (SSSR count). The number of ether oxygens (including phenoxy) is 1. The molecule has 0 bridgehead atoms. The van der Waals surface area contributed by atoms with Crippen LogP contribution in [-0.2, 0) is 17.9 Å². The third-order valence-electron chi connectivity index (χ3n) is 4.58. The number of furan rings is 1. The molecule has 1 fully saturated rings. The second-order valence-corrected chi connectivity index (χ2v) is 6.15. The molecule has 0 aliphatic carbocycles. The maximum Gasteiger partial charge on any atom is 0.140 e. The van der Waals surface area contributed by atoms with Crippen LogP contribution in [0.1, 0.15) is 11.1 Å². The Labute approximate surface area is 141 Å². The molecule has 4 nitrogen and oxygen atoms in total. The molecule has 2 heterocycles. The van der Waals surface area contributed by atoms with Gasteiger partial charge in [0.05, 0.1) is 19.8 Å². The minimum Gasteiger partial charge on any atom is -0.456 e. The van der Waals surface area contributed by atoms with Gasteiger partial charge in [0.15, 0.2) is 0 Å². The van der Waals surface area contributed by atoms with Crippen molar-refractivity contribution >= 4 is 11.0 Å². The van der Waals surface area contributed by atoms with Crippen LogP contribution in [0.5, 0.6) is 0 Å². The first-order chi connectivity index (χ1) is 11.8. The monoisotopic (exact) mass is 323 g/mol. The van der Waals surface area contributed by atoms with Crippen LogP contribution < -0.4 is 0 Å². The zero-order valence-corrected chi connectivity index (χ0v) is 13.6. The zero-order valence-electron chi connectivity index (χ0n) is 13.6. The number of rotatable bonds is 4. The van der Waals surface area contributed by atoms with Crippen molar-refractivity contribution in [1.82, 2.24) is 4.90 Å². The van der Waals surface area contributed by atoms with Crippen LogP contribution in [0.2, 0.25) is 0 Å². The molecule has 0 atom stereocenters. The van der Waals surface area contributed by atoms with E-state index in [2.05, 4.69) is 29.2 Å². The Morgan fingerprint density at radius 1 is 0.958 bits per heavy atom. The van der Waals surface area contributed by atoms with Gasteiger partial charge in [-0.3, -0.25) is 4.90 Å². The van der Waals surface area contributed by atoms with Crippen molar-refractivity contribution in [3.63, 3.8) is 0 Å². The van der Waals surface area contributed by atoms with Gasteiger partial charge in [-0.1, -0.05) is 42.5 Å². The number of benzene rings is 2. The van der Waals surface area contributed by atoms with E-state index in [1.54, 1.807) is 0 Å². The van der Waals surface area contributed by atoms with E-state index >= 15 is 0 Å². The van der Waals surface area contributed by atoms with Gasteiger partial charge in [-0.05, 0) is 11.6 Å². The summed E-state index contributed by atoms with van der Waals surface area (Å²) >= 11 is 0. The molecule has 0 saturated carbocycles. The summed E-state index contributed by atoms with van der Waals surface area (Å²) in [5.41, 5.74) is 3.95. The maximum absolute atomic E-state index is 9.76. The van der Waals surface area contributed by atoms with E-state index in [9.17, 15) is 5.11 Å². The van der Waals surface area contributed by atoms with Gasteiger partial charge < -0.3 is 14.3 Å². The Morgan fingerprint density at radius 2 is 1.71 bits per heavy atom. The van der Waals surface area contributed by atoms with Crippen LogP contribution in [-0.4, -0.2) is 36.3 Å². The normalized spacial score (nSPS) is 15.9. The molecule has 1 saturated heterocycles. The van der Waals surface area contributed by atoms with Crippen molar-refractivity contribution in [3.8, 4) is 11.3 Å². The molecule has 4 heteroatoms. The Kier molecular flexibility index (Phi) is 4.34. The summed E-state index contributed by atoms with van der Waals surface area (Å²) in [6, 6.07) is 16.3.